The van der Waals surface area contributed by atoms with Gasteiger partial charge in [-0.25, -0.2) is 4.98 Å². The number of piperidine rings is 1. The van der Waals surface area contributed by atoms with Gasteiger partial charge in [0.15, 0.2) is 0 Å². The number of fused-ring (bicyclic) bond motifs is 2. The van der Waals surface area contributed by atoms with E-state index in [0.717, 1.165) is 44.0 Å². The first-order valence-corrected chi connectivity index (χ1v) is 9.58. The molecular formula is C21H29N3O2. The molecule has 0 amide bonds. The number of aliphatic hydroxyl groups is 1. The van der Waals surface area contributed by atoms with E-state index < -0.39 is 5.60 Å². The number of hydrogen-bond donors (Lipinski definition) is 1. The lowest BCUT2D eigenvalue weighted by Gasteiger charge is -2.52. The van der Waals surface area contributed by atoms with E-state index >= 15 is 0 Å². The second kappa shape index (κ2) is 6.71. The van der Waals surface area contributed by atoms with Crippen LogP contribution in [0.15, 0.2) is 30.6 Å². The molecular weight excluding hydrogens is 326 g/mol. The van der Waals surface area contributed by atoms with E-state index in [9.17, 15) is 5.11 Å². The molecule has 4 rings (SSSR count). The molecule has 1 aliphatic heterocycles. The van der Waals surface area contributed by atoms with E-state index in [4.69, 9.17) is 4.74 Å². The summed E-state index contributed by atoms with van der Waals surface area (Å²) in [5.41, 5.74) is 1.68. The number of aryl methyl sites for hydroxylation is 2. The summed E-state index contributed by atoms with van der Waals surface area (Å²) >= 11 is 0. The van der Waals surface area contributed by atoms with Crippen LogP contribution in [0.4, 0.5) is 0 Å². The Hall–Kier alpha value is -1.85. The number of imidazole rings is 1. The third kappa shape index (κ3) is 2.83. The summed E-state index contributed by atoms with van der Waals surface area (Å²) in [5.74, 6) is 2.24. The zero-order valence-corrected chi connectivity index (χ0v) is 16.0. The molecule has 5 heteroatoms. The summed E-state index contributed by atoms with van der Waals surface area (Å²) in [6.07, 6.45) is 7.05. The van der Waals surface area contributed by atoms with Gasteiger partial charge in [-0.05, 0) is 25.8 Å². The number of benzene rings is 1. The normalized spacial score (nSPS) is 28.9. The van der Waals surface area contributed by atoms with Gasteiger partial charge in [0, 0.05) is 56.5 Å². The van der Waals surface area contributed by atoms with Crippen LogP contribution in [-0.4, -0.2) is 39.8 Å². The average Bonchev–Trinajstić information content (AvgIpc) is 3.03. The molecule has 2 aromatic rings. The van der Waals surface area contributed by atoms with Crippen molar-refractivity contribution >= 4 is 0 Å². The minimum Gasteiger partial charge on any atom is -0.496 e. The van der Waals surface area contributed by atoms with Gasteiger partial charge in [-0.3, -0.25) is 4.90 Å². The zero-order chi connectivity index (χ0) is 18.3. The molecule has 2 heterocycles. The molecule has 2 fully saturated rings. The molecule has 2 aliphatic rings. The molecule has 1 aliphatic carbocycles. The number of aromatic nitrogens is 2. The van der Waals surface area contributed by atoms with Crippen LogP contribution in [0.1, 0.15) is 36.2 Å². The Morgan fingerprint density at radius 2 is 2.00 bits per heavy atom. The second-order valence-corrected chi connectivity index (χ2v) is 8.02. The van der Waals surface area contributed by atoms with Crippen molar-refractivity contribution in [2.75, 3.05) is 20.2 Å². The number of nitrogens with zero attached hydrogens (tertiary/aromatic N) is 3. The Morgan fingerprint density at radius 1 is 1.27 bits per heavy atom. The van der Waals surface area contributed by atoms with Crippen LogP contribution in [0, 0.1) is 18.8 Å². The minimum absolute atomic E-state index is 0.229. The van der Waals surface area contributed by atoms with E-state index in [1.807, 2.05) is 17.8 Å². The molecule has 0 spiro atoms. The number of likely N-dealkylation sites (tertiary alicyclic amines) is 1. The first kappa shape index (κ1) is 17.6. The summed E-state index contributed by atoms with van der Waals surface area (Å²) in [4.78, 5) is 7.01. The fourth-order valence-electron chi connectivity index (χ4n) is 5.06. The fraction of sp³-hybridized carbons (Fsp3) is 0.571. The van der Waals surface area contributed by atoms with Gasteiger partial charge in [-0.1, -0.05) is 24.1 Å². The predicted octanol–water partition coefficient (Wildman–Crippen LogP) is 2.86. The van der Waals surface area contributed by atoms with Crippen molar-refractivity contribution in [2.24, 2.45) is 18.9 Å². The Labute approximate surface area is 155 Å². The predicted molar refractivity (Wildman–Crippen MR) is 101 cm³/mol. The van der Waals surface area contributed by atoms with E-state index in [0.29, 0.717) is 0 Å². The lowest BCUT2D eigenvalue weighted by Crippen LogP contribution is -2.58. The monoisotopic (exact) mass is 355 g/mol. The molecule has 1 aromatic carbocycles. The van der Waals surface area contributed by atoms with Crippen molar-refractivity contribution in [1.82, 2.24) is 14.5 Å². The Balaban J connectivity index is 1.59. The smallest absolute Gasteiger partial charge is 0.141 e. The van der Waals surface area contributed by atoms with E-state index in [1.165, 1.54) is 17.5 Å². The van der Waals surface area contributed by atoms with Crippen molar-refractivity contribution in [3.8, 4) is 5.75 Å². The lowest BCUT2D eigenvalue weighted by molar-refractivity contribution is -0.155. The van der Waals surface area contributed by atoms with Crippen molar-refractivity contribution in [1.29, 1.82) is 0 Å². The van der Waals surface area contributed by atoms with E-state index in [1.54, 1.807) is 13.3 Å². The van der Waals surface area contributed by atoms with Crippen molar-refractivity contribution in [2.45, 2.75) is 38.3 Å². The SMILES string of the molecule is COc1ccc(C)cc1CN1C[C@H]2CCC[C@@H](C1)C2(O)c1nccn1C. The summed E-state index contributed by atoms with van der Waals surface area (Å²) in [7, 11) is 3.72. The molecule has 1 saturated heterocycles. The highest BCUT2D eigenvalue weighted by molar-refractivity contribution is 5.37. The van der Waals surface area contributed by atoms with Crippen LogP contribution in [0.2, 0.25) is 0 Å². The molecule has 1 N–H and O–H groups in total. The molecule has 5 nitrogen and oxygen atoms in total. The number of rotatable bonds is 4. The highest BCUT2D eigenvalue weighted by Crippen LogP contribution is 2.48. The maximum absolute atomic E-state index is 11.7. The third-order valence-electron chi connectivity index (χ3n) is 6.32. The van der Waals surface area contributed by atoms with Crippen molar-refractivity contribution < 1.29 is 9.84 Å². The van der Waals surface area contributed by atoms with E-state index in [-0.39, 0.29) is 11.8 Å². The second-order valence-electron chi connectivity index (χ2n) is 8.02. The molecule has 1 unspecified atom stereocenters. The minimum atomic E-state index is -0.802. The van der Waals surface area contributed by atoms with Crippen molar-refractivity contribution in [3.05, 3.63) is 47.5 Å². The molecule has 2 bridgehead atoms. The topological polar surface area (TPSA) is 50.5 Å². The van der Waals surface area contributed by atoms with Gasteiger partial charge in [0.05, 0.1) is 7.11 Å². The van der Waals surface area contributed by atoms with Crippen LogP contribution in [-0.2, 0) is 19.2 Å². The third-order valence-corrected chi connectivity index (χ3v) is 6.32. The van der Waals surface area contributed by atoms with Crippen LogP contribution >= 0.6 is 0 Å². The van der Waals surface area contributed by atoms with Gasteiger partial charge < -0.3 is 14.4 Å². The lowest BCUT2D eigenvalue weighted by atomic mass is 9.65. The number of ether oxygens (including phenoxy) is 1. The first-order valence-electron chi connectivity index (χ1n) is 9.58. The van der Waals surface area contributed by atoms with Crippen LogP contribution in [0.5, 0.6) is 5.75 Å². The summed E-state index contributed by atoms with van der Waals surface area (Å²) in [6, 6.07) is 6.36. The van der Waals surface area contributed by atoms with Gasteiger partial charge in [0.1, 0.15) is 17.2 Å². The van der Waals surface area contributed by atoms with Gasteiger partial charge in [-0.2, -0.15) is 0 Å². The van der Waals surface area contributed by atoms with Crippen LogP contribution in [0.3, 0.4) is 0 Å². The summed E-state index contributed by atoms with van der Waals surface area (Å²) in [6.45, 7) is 4.79. The average molecular weight is 355 g/mol. The van der Waals surface area contributed by atoms with Gasteiger partial charge >= 0.3 is 0 Å². The van der Waals surface area contributed by atoms with E-state index in [2.05, 4.69) is 35.0 Å². The standard InChI is InChI=1S/C21H29N3O2/c1-15-7-8-19(26-3)16(11-15)12-24-13-17-5-4-6-18(14-24)21(17,25)20-22-9-10-23(20)2/h7-11,17-18,25H,4-6,12-14H2,1-3H3/t17-,18+,21?. The number of hydrogen-bond acceptors (Lipinski definition) is 4. The van der Waals surface area contributed by atoms with Gasteiger partial charge in [0.2, 0.25) is 0 Å². The molecule has 140 valence electrons. The largest absolute Gasteiger partial charge is 0.496 e. The highest BCUT2D eigenvalue weighted by Gasteiger charge is 2.53. The highest BCUT2D eigenvalue weighted by atomic mass is 16.5. The molecule has 1 aromatic heterocycles. The molecule has 3 atom stereocenters. The van der Waals surface area contributed by atoms with Gasteiger partial charge in [0.25, 0.3) is 0 Å². The Kier molecular flexibility index (Phi) is 4.53. The molecule has 26 heavy (non-hydrogen) atoms. The number of methoxy groups -OCH3 is 1. The van der Waals surface area contributed by atoms with Crippen LogP contribution < -0.4 is 4.74 Å². The zero-order valence-electron chi connectivity index (χ0n) is 16.0. The Bertz CT molecular complexity index is 771. The molecule has 0 radical (unpaired) electrons. The van der Waals surface area contributed by atoms with Crippen LogP contribution in [0.25, 0.3) is 0 Å². The van der Waals surface area contributed by atoms with Gasteiger partial charge in [-0.15, -0.1) is 0 Å². The van der Waals surface area contributed by atoms with Crippen molar-refractivity contribution in [3.63, 3.8) is 0 Å². The summed E-state index contributed by atoms with van der Waals surface area (Å²) in [5, 5.41) is 11.7. The maximum atomic E-state index is 11.7. The molecule has 1 saturated carbocycles. The maximum Gasteiger partial charge on any atom is 0.141 e. The fourth-order valence-corrected chi connectivity index (χ4v) is 5.06. The Morgan fingerprint density at radius 3 is 2.62 bits per heavy atom. The quantitative estimate of drug-likeness (QED) is 0.916. The first-order chi connectivity index (χ1) is 12.5. The summed E-state index contributed by atoms with van der Waals surface area (Å²) < 4.78 is 7.55.